The van der Waals surface area contributed by atoms with Gasteiger partial charge in [-0.15, -0.1) is 0 Å². The van der Waals surface area contributed by atoms with Crippen LogP contribution in [-0.2, 0) is 0 Å². The third kappa shape index (κ3) is 2.07. The minimum absolute atomic E-state index is 0.463. The van der Waals surface area contributed by atoms with Gasteiger partial charge in [0.05, 0.1) is 7.11 Å². The smallest absolute Gasteiger partial charge is 0.124 e. The van der Waals surface area contributed by atoms with Crippen LogP contribution >= 0.6 is 0 Å². The summed E-state index contributed by atoms with van der Waals surface area (Å²) in [7, 11) is 1.76. The average Bonchev–Trinajstić information content (AvgIpc) is 2.63. The molecule has 0 aromatic heterocycles. The van der Waals surface area contributed by atoms with Crippen molar-refractivity contribution in [3.8, 4) is 5.75 Å². The molecular weight excluding hydrogens is 198 g/mol. The maximum Gasteiger partial charge on any atom is 0.124 e. The highest BCUT2D eigenvalue weighted by Gasteiger charge is 2.26. The predicted octanol–water partition coefficient (Wildman–Crippen LogP) is 2.98. The maximum atomic E-state index is 5.51. The first-order valence-corrected chi connectivity index (χ1v) is 6.00. The Bertz CT molecular complexity index is 387. The summed E-state index contributed by atoms with van der Waals surface area (Å²) in [4.78, 5) is 0. The van der Waals surface area contributed by atoms with Crippen LogP contribution in [0.15, 0.2) is 12.1 Å². The lowest BCUT2D eigenvalue weighted by molar-refractivity contribution is 0.401. The molecule has 0 bridgehead atoms. The molecule has 2 unspecified atom stereocenters. The van der Waals surface area contributed by atoms with Crippen LogP contribution in [0.2, 0.25) is 0 Å². The van der Waals surface area contributed by atoms with Crippen LogP contribution in [0.1, 0.15) is 36.1 Å². The Morgan fingerprint density at radius 1 is 1.31 bits per heavy atom. The van der Waals surface area contributed by atoms with Crippen LogP contribution in [0, 0.1) is 19.8 Å². The van der Waals surface area contributed by atoms with Crippen molar-refractivity contribution in [2.24, 2.45) is 5.92 Å². The minimum atomic E-state index is 0.463. The SMILES string of the molecule is COc1cc(C)cc(C)c1C1CC(C)CN1. The highest BCUT2D eigenvalue weighted by Crippen LogP contribution is 2.35. The second kappa shape index (κ2) is 4.46. The van der Waals surface area contributed by atoms with Crippen molar-refractivity contribution >= 4 is 0 Å². The van der Waals surface area contributed by atoms with Gasteiger partial charge in [0.2, 0.25) is 0 Å². The lowest BCUT2D eigenvalue weighted by atomic mass is 9.95. The number of hydrogen-bond acceptors (Lipinski definition) is 2. The van der Waals surface area contributed by atoms with E-state index < -0.39 is 0 Å². The largest absolute Gasteiger partial charge is 0.496 e. The zero-order chi connectivity index (χ0) is 11.7. The summed E-state index contributed by atoms with van der Waals surface area (Å²) in [5.74, 6) is 1.79. The van der Waals surface area contributed by atoms with Gasteiger partial charge >= 0.3 is 0 Å². The molecule has 16 heavy (non-hydrogen) atoms. The van der Waals surface area contributed by atoms with E-state index in [0.717, 1.165) is 18.2 Å². The number of ether oxygens (including phenoxy) is 1. The Kier molecular flexibility index (Phi) is 3.20. The van der Waals surface area contributed by atoms with Gasteiger partial charge in [-0.3, -0.25) is 0 Å². The van der Waals surface area contributed by atoms with E-state index in [0.29, 0.717) is 6.04 Å². The molecule has 2 nitrogen and oxygen atoms in total. The molecular formula is C14H21NO. The fourth-order valence-electron chi connectivity index (χ4n) is 2.69. The number of methoxy groups -OCH3 is 1. The number of rotatable bonds is 2. The number of aryl methyl sites for hydroxylation is 2. The van der Waals surface area contributed by atoms with Crippen molar-refractivity contribution in [3.05, 3.63) is 28.8 Å². The zero-order valence-corrected chi connectivity index (χ0v) is 10.6. The highest BCUT2D eigenvalue weighted by molar-refractivity contribution is 5.45. The summed E-state index contributed by atoms with van der Waals surface area (Å²) >= 11 is 0. The van der Waals surface area contributed by atoms with Gasteiger partial charge in [0.25, 0.3) is 0 Å². The van der Waals surface area contributed by atoms with E-state index in [-0.39, 0.29) is 0 Å². The molecule has 88 valence electrons. The first-order chi connectivity index (χ1) is 7.61. The van der Waals surface area contributed by atoms with Crippen LogP contribution in [0.5, 0.6) is 5.75 Å². The topological polar surface area (TPSA) is 21.3 Å². The molecule has 1 aromatic rings. The first kappa shape index (κ1) is 11.5. The van der Waals surface area contributed by atoms with E-state index in [1.165, 1.54) is 23.1 Å². The molecule has 1 N–H and O–H groups in total. The van der Waals surface area contributed by atoms with E-state index in [2.05, 4.69) is 38.2 Å². The fourth-order valence-corrected chi connectivity index (χ4v) is 2.69. The predicted molar refractivity (Wildman–Crippen MR) is 67.0 cm³/mol. The van der Waals surface area contributed by atoms with Crippen LogP contribution in [0.4, 0.5) is 0 Å². The Balaban J connectivity index is 2.39. The Labute approximate surface area is 98.0 Å². The summed E-state index contributed by atoms with van der Waals surface area (Å²) < 4.78 is 5.51. The van der Waals surface area contributed by atoms with E-state index in [1.54, 1.807) is 7.11 Å². The van der Waals surface area contributed by atoms with Crippen molar-refractivity contribution in [3.63, 3.8) is 0 Å². The minimum Gasteiger partial charge on any atom is -0.496 e. The third-order valence-corrected chi connectivity index (χ3v) is 3.41. The average molecular weight is 219 g/mol. The number of hydrogen-bond donors (Lipinski definition) is 1. The lowest BCUT2D eigenvalue weighted by Gasteiger charge is -2.18. The fraction of sp³-hybridized carbons (Fsp3) is 0.571. The van der Waals surface area contributed by atoms with Gasteiger partial charge in [0.1, 0.15) is 5.75 Å². The Morgan fingerprint density at radius 3 is 2.62 bits per heavy atom. The molecule has 2 rings (SSSR count). The molecule has 0 saturated carbocycles. The molecule has 1 aromatic carbocycles. The summed E-state index contributed by atoms with van der Waals surface area (Å²) in [5, 5.41) is 3.58. The van der Waals surface area contributed by atoms with Crippen molar-refractivity contribution in [2.75, 3.05) is 13.7 Å². The van der Waals surface area contributed by atoms with Crippen LogP contribution in [0.25, 0.3) is 0 Å². The van der Waals surface area contributed by atoms with Crippen LogP contribution < -0.4 is 10.1 Å². The van der Waals surface area contributed by atoms with Crippen molar-refractivity contribution in [1.29, 1.82) is 0 Å². The summed E-state index contributed by atoms with van der Waals surface area (Å²) in [6.45, 7) is 7.70. The molecule has 0 spiro atoms. The molecule has 0 radical (unpaired) electrons. The van der Waals surface area contributed by atoms with Gasteiger partial charge in [-0.05, 0) is 49.9 Å². The first-order valence-electron chi connectivity index (χ1n) is 6.00. The summed E-state index contributed by atoms with van der Waals surface area (Å²) in [5.41, 5.74) is 3.95. The van der Waals surface area contributed by atoms with Crippen molar-refractivity contribution < 1.29 is 4.74 Å². The zero-order valence-electron chi connectivity index (χ0n) is 10.6. The van der Waals surface area contributed by atoms with Gasteiger partial charge in [0.15, 0.2) is 0 Å². The van der Waals surface area contributed by atoms with Crippen LogP contribution in [0.3, 0.4) is 0 Å². The number of nitrogens with one attached hydrogen (secondary N) is 1. The monoisotopic (exact) mass is 219 g/mol. The molecule has 1 aliphatic heterocycles. The summed E-state index contributed by atoms with van der Waals surface area (Å²) in [6.07, 6.45) is 1.21. The standard InChI is InChI=1S/C14H21NO/c1-9-5-11(3)14(13(7-9)16-4)12-6-10(2)8-15-12/h5,7,10,12,15H,6,8H2,1-4H3. The van der Waals surface area contributed by atoms with Gasteiger partial charge in [-0.2, -0.15) is 0 Å². The summed E-state index contributed by atoms with van der Waals surface area (Å²) in [6, 6.07) is 4.83. The van der Waals surface area contributed by atoms with E-state index in [1.807, 2.05) is 0 Å². The Hall–Kier alpha value is -1.02. The normalized spacial score (nSPS) is 24.8. The maximum absolute atomic E-state index is 5.51. The molecule has 1 aliphatic rings. The second-order valence-corrected chi connectivity index (χ2v) is 5.00. The molecule has 0 aliphatic carbocycles. The Morgan fingerprint density at radius 2 is 2.06 bits per heavy atom. The van der Waals surface area contributed by atoms with E-state index in [9.17, 15) is 0 Å². The van der Waals surface area contributed by atoms with Gasteiger partial charge in [-0.25, -0.2) is 0 Å². The molecule has 1 fully saturated rings. The van der Waals surface area contributed by atoms with E-state index >= 15 is 0 Å². The quantitative estimate of drug-likeness (QED) is 0.825. The molecule has 2 atom stereocenters. The molecule has 2 heteroatoms. The van der Waals surface area contributed by atoms with Crippen LogP contribution in [-0.4, -0.2) is 13.7 Å². The molecule has 1 heterocycles. The van der Waals surface area contributed by atoms with Gasteiger partial charge in [-0.1, -0.05) is 13.0 Å². The van der Waals surface area contributed by atoms with Crippen molar-refractivity contribution in [1.82, 2.24) is 5.32 Å². The van der Waals surface area contributed by atoms with E-state index in [4.69, 9.17) is 4.74 Å². The highest BCUT2D eigenvalue weighted by atomic mass is 16.5. The molecule has 1 saturated heterocycles. The number of benzene rings is 1. The van der Waals surface area contributed by atoms with Crippen molar-refractivity contribution in [2.45, 2.75) is 33.2 Å². The van der Waals surface area contributed by atoms with Gasteiger partial charge < -0.3 is 10.1 Å². The lowest BCUT2D eigenvalue weighted by Crippen LogP contribution is -2.15. The van der Waals surface area contributed by atoms with Gasteiger partial charge in [0, 0.05) is 11.6 Å². The molecule has 0 amide bonds. The third-order valence-electron chi connectivity index (χ3n) is 3.41. The second-order valence-electron chi connectivity index (χ2n) is 5.00.